The molecule has 0 aliphatic carbocycles. The van der Waals surface area contributed by atoms with Crippen molar-refractivity contribution in [3.8, 4) is 17.5 Å². The van der Waals surface area contributed by atoms with Gasteiger partial charge in [0.25, 0.3) is 0 Å². The van der Waals surface area contributed by atoms with Crippen molar-refractivity contribution < 1.29 is 0 Å². The van der Waals surface area contributed by atoms with E-state index in [1.165, 1.54) is 0 Å². The molecule has 0 radical (unpaired) electrons. The molecule has 2 heterocycles. The fraction of sp³-hybridized carbons (Fsp3) is 0.100. The van der Waals surface area contributed by atoms with E-state index in [2.05, 4.69) is 9.97 Å². The van der Waals surface area contributed by atoms with Gasteiger partial charge in [-0.25, -0.2) is 4.98 Å². The van der Waals surface area contributed by atoms with E-state index in [1.54, 1.807) is 17.1 Å². The van der Waals surface area contributed by atoms with Crippen LogP contribution in [0.4, 0.5) is 0 Å². The molecule has 68 valence electrons. The number of hydrogen-bond acceptors (Lipinski definition) is 3. The molecule has 0 aliphatic heterocycles. The molecule has 0 spiro atoms. The van der Waals surface area contributed by atoms with Crippen molar-refractivity contribution in [1.29, 1.82) is 5.26 Å². The van der Waals surface area contributed by atoms with Crippen LogP contribution in [0.3, 0.4) is 0 Å². The van der Waals surface area contributed by atoms with E-state index in [4.69, 9.17) is 5.26 Å². The minimum atomic E-state index is 0.409. The summed E-state index contributed by atoms with van der Waals surface area (Å²) in [7, 11) is 1.85. The van der Waals surface area contributed by atoms with E-state index in [1.807, 2.05) is 31.3 Å². The van der Waals surface area contributed by atoms with Crippen LogP contribution in [-0.4, -0.2) is 14.5 Å². The predicted molar refractivity (Wildman–Crippen MR) is 51.2 cm³/mol. The van der Waals surface area contributed by atoms with Crippen LogP contribution >= 0.6 is 0 Å². The maximum absolute atomic E-state index is 8.84. The molecule has 0 bridgehead atoms. The van der Waals surface area contributed by atoms with Crippen molar-refractivity contribution in [3.05, 3.63) is 36.4 Å². The van der Waals surface area contributed by atoms with Crippen LogP contribution in [0.15, 0.2) is 30.7 Å². The highest BCUT2D eigenvalue weighted by atomic mass is 15.0. The summed E-state index contributed by atoms with van der Waals surface area (Å²) in [6.07, 6.45) is 3.31. The molecule has 4 heteroatoms. The summed E-state index contributed by atoms with van der Waals surface area (Å²) < 4.78 is 1.79. The lowest BCUT2D eigenvalue weighted by Crippen LogP contribution is -1.93. The van der Waals surface area contributed by atoms with Crippen molar-refractivity contribution in [2.45, 2.75) is 0 Å². The van der Waals surface area contributed by atoms with Gasteiger partial charge in [0.1, 0.15) is 11.8 Å². The molecule has 0 N–H and O–H groups in total. The van der Waals surface area contributed by atoms with Crippen LogP contribution in [0.2, 0.25) is 0 Å². The zero-order chi connectivity index (χ0) is 9.97. The molecular weight excluding hydrogens is 176 g/mol. The van der Waals surface area contributed by atoms with Crippen LogP contribution in [0.5, 0.6) is 0 Å². The van der Waals surface area contributed by atoms with Crippen LogP contribution in [0.25, 0.3) is 11.4 Å². The summed E-state index contributed by atoms with van der Waals surface area (Å²) in [6.45, 7) is 0. The number of nitrogens with zero attached hydrogens (tertiary/aromatic N) is 4. The Kier molecular flexibility index (Phi) is 1.99. The largest absolute Gasteiger partial charge is 0.331 e. The van der Waals surface area contributed by atoms with Crippen molar-refractivity contribution in [2.24, 2.45) is 7.05 Å². The molecule has 0 saturated heterocycles. The summed E-state index contributed by atoms with van der Waals surface area (Å²) in [6, 6.07) is 7.63. The van der Waals surface area contributed by atoms with Crippen molar-refractivity contribution >= 4 is 0 Å². The fourth-order valence-electron chi connectivity index (χ4n) is 1.32. The van der Waals surface area contributed by atoms with Crippen molar-refractivity contribution in [1.82, 2.24) is 14.5 Å². The Morgan fingerprint density at radius 3 is 2.86 bits per heavy atom. The standard InChI is InChI=1S/C10H8N4/c1-14-7-13-9(6-11)10(14)8-4-2-3-5-12-8/h2-5,7H,1H3. The minimum absolute atomic E-state index is 0.409. The molecule has 0 saturated carbocycles. The number of imidazole rings is 1. The average Bonchev–Trinajstić information content (AvgIpc) is 2.61. The van der Waals surface area contributed by atoms with Gasteiger partial charge in [0.05, 0.1) is 12.0 Å². The topological polar surface area (TPSA) is 54.5 Å². The number of pyridine rings is 1. The van der Waals surface area contributed by atoms with Gasteiger partial charge in [-0.05, 0) is 12.1 Å². The third-order valence-corrected chi connectivity index (χ3v) is 1.95. The zero-order valence-corrected chi connectivity index (χ0v) is 7.68. The van der Waals surface area contributed by atoms with Crippen LogP contribution < -0.4 is 0 Å². The quantitative estimate of drug-likeness (QED) is 0.672. The lowest BCUT2D eigenvalue weighted by molar-refractivity contribution is 0.916. The van der Waals surface area contributed by atoms with E-state index < -0.39 is 0 Å². The molecule has 0 amide bonds. The van der Waals surface area contributed by atoms with Gasteiger partial charge >= 0.3 is 0 Å². The fourth-order valence-corrected chi connectivity index (χ4v) is 1.32. The maximum Gasteiger partial charge on any atom is 0.168 e. The summed E-state index contributed by atoms with van der Waals surface area (Å²) in [5.74, 6) is 0. The Bertz CT molecular complexity index is 479. The van der Waals surface area contributed by atoms with E-state index in [0.29, 0.717) is 5.69 Å². The Morgan fingerprint density at radius 2 is 2.21 bits per heavy atom. The minimum Gasteiger partial charge on any atom is -0.331 e. The van der Waals surface area contributed by atoms with Crippen molar-refractivity contribution in [3.63, 3.8) is 0 Å². The second kappa shape index (κ2) is 3.30. The van der Waals surface area contributed by atoms with Gasteiger partial charge in [-0.15, -0.1) is 0 Å². The first-order chi connectivity index (χ1) is 6.83. The molecule has 0 aliphatic rings. The van der Waals surface area contributed by atoms with Gasteiger partial charge in [-0.3, -0.25) is 4.98 Å². The predicted octanol–water partition coefficient (Wildman–Crippen LogP) is 1.35. The van der Waals surface area contributed by atoms with E-state index in [9.17, 15) is 0 Å². The molecule has 2 rings (SSSR count). The molecule has 0 aromatic carbocycles. The summed E-state index contributed by atoms with van der Waals surface area (Å²) >= 11 is 0. The highest BCUT2D eigenvalue weighted by Gasteiger charge is 2.10. The smallest absolute Gasteiger partial charge is 0.168 e. The molecule has 4 nitrogen and oxygen atoms in total. The molecule has 2 aromatic rings. The molecular formula is C10H8N4. The molecule has 2 aromatic heterocycles. The van der Waals surface area contributed by atoms with Crippen molar-refractivity contribution in [2.75, 3.05) is 0 Å². The van der Waals surface area contributed by atoms with Gasteiger partial charge in [0, 0.05) is 13.2 Å². The Labute approximate surface area is 81.5 Å². The summed E-state index contributed by atoms with van der Waals surface area (Å²) in [5, 5.41) is 8.84. The highest BCUT2D eigenvalue weighted by molar-refractivity contribution is 5.61. The normalized spacial score (nSPS) is 9.71. The Morgan fingerprint density at radius 1 is 1.36 bits per heavy atom. The maximum atomic E-state index is 8.84. The van der Waals surface area contributed by atoms with Gasteiger partial charge < -0.3 is 4.57 Å². The first-order valence-corrected chi connectivity index (χ1v) is 4.15. The van der Waals surface area contributed by atoms with Gasteiger partial charge in [0.2, 0.25) is 0 Å². The summed E-state index contributed by atoms with van der Waals surface area (Å²) in [5.41, 5.74) is 1.93. The molecule has 0 unspecified atom stereocenters. The third kappa shape index (κ3) is 1.25. The number of aromatic nitrogens is 3. The second-order valence-electron chi connectivity index (χ2n) is 2.88. The second-order valence-corrected chi connectivity index (χ2v) is 2.88. The Hall–Kier alpha value is -2.15. The molecule has 14 heavy (non-hydrogen) atoms. The zero-order valence-electron chi connectivity index (χ0n) is 7.68. The third-order valence-electron chi connectivity index (χ3n) is 1.95. The van der Waals surface area contributed by atoms with Crippen LogP contribution in [0, 0.1) is 11.3 Å². The van der Waals surface area contributed by atoms with Crippen LogP contribution in [0.1, 0.15) is 5.69 Å². The first-order valence-electron chi connectivity index (χ1n) is 4.15. The number of rotatable bonds is 1. The van der Waals surface area contributed by atoms with E-state index >= 15 is 0 Å². The lowest BCUT2D eigenvalue weighted by atomic mass is 10.2. The average molecular weight is 184 g/mol. The van der Waals surface area contributed by atoms with E-state index in [0.717, 1.165) is 11.4 Å². The molecule has 0 fully saturated rings. The van der Waals surface area contributed by atoms with Gasteiger partial charge in [-0.1, -0.05) is 6.07 Å². The first kappa shape index (κ1) is 8.45. The summed E-state index contributed by atoms with van der Waals surface area (Å²) in [4.78, 5) is 8.15. The highest BCUT2D eigenvalue weighted by Crippen LogP contribution is 2.18. The number of nitriles is 1. The van der Waals surface area contributed by atoms with E-state index in [-0.39, 0.29) is 0 Å². The monoisotopic (exact) mass is 184 g/mol. The Balaban J connectivity index is 2.63. The molecule has 0 atom stereocenters. The van der Waals surface area contributed by atoms with Gasteiger partial charge in [0.15, 0.2) is 5.69 Å². The SMILES string of the molecule is Cn1cnc(C#N)c1-c1ccccn1. The van der Waals surface area contributed by atoms with Crippen LogP contribution in [-0.2, 0) is 7.05 Å². The lowest BCUT2D eigenvalue weighted by Gasteiger charge is -2.00. The van der Waals surface area contributed by atoms with Gasteiger partial charge in [-0.2, -0.15) is 5.26 Å². The number of aryl methyl sites for hydroxylation is 1. The number of hydrogen-bond donors (Lipinski definition) is 0.